The molecule has 0 radical (unpaired) electrons. The molecule has 2 N–H and O–H groups in total. The Morgan fingerprint density at radius 3 is 2.15 bits per heavy atom. The molecule has 9 rings (SSSR count). The number of anilines is 1. The second kappa shape index (κ2) is 20.6. The number of carbonyl (C=O) groups is 2. The molecule has 1 amide bonds. The molecule has 0 spiro atoms. The number of carbonyl (C=O) groups excluding carboxylic acids is 2. The lowest BCUT2D eigenvalue weighted by atomic mass is 9.79. The van der Waals surface area contributed by atoms with Crippen molar-refractivity contribution in [1.29, 1.82) is 0 Å². The molecule has 5 atom stereocenters. The highest BCUT2D eigenvalue weighted by Crippen LogP contribution is 2.61. The Morgan fingerprint density at radius 2 is 1.52 bits per heavy atom. The third-order valence-corrected chi connectivity index (χ3v) is 17.4. The maximum absolute atomic E-state index is 13.4. The maximum Gasteiger partial charge on any atom is 0.280 e. The highest BCUT2D eigenvalue weighted by atomic mass is 32.7. The molecule has 3 fully saturated rings. The summed E-state index contributed by atoms with van der Waals surface area (Å²) in [6.45, 7) is 5.40. The Balaban J connectivity index is 1.10. The van der Waals surface area contributed by atoms with Crippen LogP contribution >= 0.6 is 30.6 Å². The van der Waals surface area contributed by atoms with Gasteiger partial charge in [-0.3, -0.25) is 33.9 Å². The van der Waals surface area contributed by atoms with Crippen molar-refractivity contribution in [1.82, 2.24) is 24.2 Å². The van der Waals surface area contributed by atoms with E-state index in [0.29, 0.717) is 28.6 Å². The lowest BCUT2D eigenvalue weighted by Gasteiger charge is -2.40. The quantitative estimate of drug-likeness (QED) is 0.0451. The van der Waals surface area contributed by atoms with Crippen molar-refractivity contribution in [2.75, 3.05) is 57.3 Å². The lowest BCUT2D eigenvalue weighted by molar-refractivity contribution is -0.201. The Bertz CT molecular complexity index is 2660. The second-order valence-corrected chi connectivity index (χ2v) is 21.5. The SMILES string of the molecule is COc1ccc(C(OC[C@]23CO[C@@H](C2OP(SCCSC(=O)c2ccccc2)N2CCCC2)[C@H](n2cnc4c(=O)[nH]c(NC(=O)C(C)C)nc42)O3)(c2ccccc2)c2ccc(OC)cc2)cc1. The van der Waals surface area contributed by atoms with E-state index in [1.165, 1.54) is 18.1 Å². The van der Waals surface area contributed by atoms with Crippen LogP contribution in [0.25, 0.3) is 11.2 Å². The number of benzene rings is 4. The summed E-state index contributed by atoms with van der Waals surface area (Å²) < 4.78 is 44.2. The predicted molar refractivity (Wildman–Crippen MR) is 261 cm³/mol. The smallest absolute Gasteiger partial charge is 0.280 e. The number of ether oxygens (including phenoxy) is 5. The number of aromatic nitrogens is 4. The van der Waals surface area contributed by atoms with Crippen LogP contribution in [-0.4, -0.2) is 105 Å². The van der Waals surface area contributed by atoms with Crippen molar-refractivity contribution in [3.05, 3.63) is 148 Å². The summed E-state index contributed by atoms with van der Waals surface area (Å²) in [5.41, 5.74) is 0.649. The van der Waals surface area contributed by atoms with E-state index in [0.717, 1.165) is 42.6 Å². The topological polar surface area (TPSA) is 168 Å². The Hall–Kier alpha value is -5.10. The van der Waals surface area contributed by atoms with Gasteiger partial charge in [0, 0.05) is 36.1 Å². The fourth-order valence-corrected chi connectivity index (χ4v) is 14.0. The summed E-state index contributed by atoms with van der Waals surface area (Å²) in [6, 6.07) is 35.1. The molecule has 2 aromatic heterocycles. The van der Waals surface area contributed by atoms with Gasteiger partial charge in [0.2, 0.25) is 17.0 Å². The number of hydrogen-bond donors (Lipinski definition) is 2. The van der Waals surface area contributed by atoms with Crippen molar-refractivity contribution in [3.63, 3.8) is 0 Å². The third-order valence-electron chi connectivity index (χ3n) is 12.2. The van der Waals surface area contributed by atoms with Gasteiger partial charge in [-0.15, -0.1) is 0 Å². The van der Waals surface area contributed by atoms with Crippen LogP contribution in [0.5, 0.6) is 11.5 Å². The first-order chi connectivity index (χ1) is 32.6. The summed E-state index contributed by atoms with van der Waals surface area (Å²) in [5.74, 6) is 2.02. The molecule has 5 heterocycles. The molecule has 0 saturated carbocycles. The number of thioether (sulfide) groups is 1. The van der Waals surface area contributed by atoms with E-state index in [2.05, 4.69) is 24.9 Å². The van der Waals surface area contributed by atoms with Crippen molar-refractivity contribution in [2.45, 2.75) is 56.3 Å². The van der Waals surface area contributed by atoms with E-state index in [-0.39, 0.29) is 47.3 Å². The monoisotopic (exact) mass is 964 g/mol. The molecular weight excluding hydrogens is 912 g/mol. The van der Waals surface area contributed by atoms with Gasteiger partial charge in [-0.05, 0) is 53.8 Å². The molecule has 2 bridgehead atoms. The molecule has 15 nitrogen and oxygen atoms in total. The third kappa shape index (κ3) is 9.66. The number of H-pyrrole nitrogens is 1. The summed E-state index contributed by atoms with van der Waals surface area (Å²) >= 11 is 3.02. The van der Waals surface area contributed by atoms with Crippen LogP contribution in [0, 0.1) is 5.92 Å². The highest BCUT2D eigenvalue weighted by molar-refractivity contribution is 8.53. The van der Waals surface area contributed by atoms with Gasteiger partial charge >= 0.3 is 0 Å². The zero-order chi connectivity index (χ0) is 46.5. The summed E-state index contributed by atoms with van der Waals surface area (Å²) in [7, 11) is 1.99. The number of aromatic amines is 1. The molecule has 18 heteroatoms. The van der Waals surface area contributed by atoms with E-state index >= 15 is 0 Å². The standard InChI is InChI=1S/C49H53N6O9PS2/c1-32(2)43(56)52-47-51-42-39(44(57)53-47)50-31-55(42)45-40-41(64-65(54-25-11-12-26-54)67-28-27-66-46(58)33-13-7-5-8-14-33)48(63-45,29-61-40)30-62-49(34-15-9-6-10-16-34,35-17-21-37(59-3)22-18-35)36-19-23-38(60-4)24-20-36/h5-10,13-24,31-32,40-41,45H,11-12,25-30H2,1-4H3,(H2,51,52,53,56,57)/t40-,41?,45+,48+,65?/m0/s1. The van der Waals surface area contributed by atoms with Gasteiger partial charge in [-0.2, -0.15) is 4.98 Å². The van der Waals surface area contributed by atoms with Crippen LogP contribution in [0.2, 0.25) is 0 Å². The zero-order valence-electron chi connectivity index (χ0n) is 37.7. The number of imidazole rings is 1. The Morgan fingerprint density at radius 1 is 0.896 bits per heavy atom. The number of rotatable bonds is 19. The second-order valence-electron chi connectivity index (χ2n) is 16.8. The zero-order valence-corrected chi connectivity index (χ0v) is 40.2. The van der Waals surface area contributed by atoms with Gasteiger partial charge in [-0.1, -0.05) is 122 Å². The van der Waals surface area contributed by atoms with Crippen LogP contribution in [-0.2, 0) is 29.1 Å². The average Bonchev–Trinajstić information content (AvgIpc) is 4.18. The number of methoxy groups -OCH3 is 2. The molecular formula is C49H53N6O9PS2. The minimum absolute atomic E-state index is 0.00271. The van der Waals surface area contributed by atoms with Gasteiger partial charge in [0.15, 0.2) is 24.9 Å². The van der Waals surface area contributed by atoms with Crippen molar-refractivity contribution < 1.29 is 37.8 Å². The van der Waals surface area contributed by atoms with E-state index < -0.39 is 42.7 Å². The van der Waals surface area contributed by atoms with Crippen LogP contribution in [0.15, 0.2) is 120 Å². The fraction of sp³-hybridized carbons (Fsp3) is 0.367. The molecule has 67 heavy (non-hydrogen) atoms. The van der Waals surface area contributed by atoms with Crippen LogP contribution in [0.3, 0.4) is 0 Å². The first-order valence-electron chi connectivity index (χ1n) is 22.2. The van der Waals surface area contributed by atoms with Crippen LogP contribution in [0.4, 0.5) is 5.95 Å². The van der Waals surface area contributed by atoms with Crippen molar-refractivity contribution in [2.24, 2.45) is 5.92 Å². The van der Waals surface area contributed by atoms with Crippen LogP contribution < -0.4 is 20.3 Å². The largest absolute Gasteiger partial charge is 0.497 e. The maximum atomic E-state index is 13.4. The Labute approximate surface area is 398 Å². The van der Waals surface area contributed by atoms with Crippen LogP contribution in [0.1, 0.15) is 60.0 Å². The molecule has 3 aliphatic rings. The van der Waals surface area contributed by atoms with Gasteiger partial charge in [0.1, 0.15) is 34.9 Å². The minimum atomic E-state index is -1.28. The van der Waals surface area contributed by atoms with E-state index in [9.17, 15) is 14.4 Å². The summed E-state index contributed by atoms with van der Waals surface area (Å²) in [6.07, 6.45) is 1.39. The predicted octanol–water partition coefficient (Wildman–Crippen LogP) is 8.42. The highest BCUT2D eigenvalue weighted by Gasteiger charge is 2.65. The Kier molecular flexibility index (Phi) is 14.5. The average molecular weight is 965 g/mol. The van der Waals surface area contributed by atoms with E-state index in [1.807, 2.05) is 109 Å². The molecule has 3 saturated heterocycles. The number of fused-ring (bicyclic) bond motifs is 3. The number of amides is 1. The van der Waals surface area contributed by atoms with Gasteiger partial charge < -0.3 is 28.2 Å². The minimum Gasteiger partial charge on any atom is -0.497 e. The molecule has 6 aromatic rings. The molecule has 0 aliphatic carbocycles. The summed E-state index contributed by atoms with van der Waals surface area (Å²) in [4.78, 5) is 51.0. The molecule has 2 unspecified atom stereocenters. The van der Waals surface area contributed by atoms with Gasteiger partial charge in [-0.25, -0.2) is 4.98 Å². The lowest BCUT2D eigenvalue weighted by Crippen LogP contribution is -2.49. The number of hydrogen-bond acceptors (Lipinski definition) is 14. The number of nitrogens with zero attached hydrogens (tertiary/aromatic N) is 4. The first-order valence-corrected chi connectivity index (χ1v) is 26.0. The molecule has 350 valence electrons. The normalized spacial score (nSPS) is 20.9. The summed E-state index contributed by atoms with van der Waals surface area (Å²) in [5, 5.41) is 2.75. The molecule has 3 aliphatic heterocycles. The van der Waals surface area contributed by atoms with Crippen molar-refractivity contribution in [3.8, 4) is 11.5 Å². The first kappa shape index (κ1) is 47.0. The number of nitrogens with one attached hydrogen (secondary N) is 2. The van der Waals surface area contributed by atoms with E-state index in [1.54, 1.807) is 44.0 Å². The van der Waals surface area contributed by atoms with Gasteiger partial charge in [0.25, 0.3) is 5.56 Å². The van der Waals surface area contributed by atoms with Crippen molar-refractivity contribution >= 4 is 58.8 Å². The molecule has 4 aromatic carbocycles. The fourth-order valence-electron chi connectivity index (χ4n) is 8.66. The van der Waals surface area contributed by atoms with E-state index in [4.69, 9.17) is 28.2 Å². The van der Waals surface area contributed by atoms with Gasteiger partial charge in [0.05, 0.1) is 33.8 Å².